The van der Waals surface area contributed by atoms with Gasteiger partial charge in [0.1, 0.15) is 17.7 Å². The first kappa shape index (κ1) is 25.0. The molecule has 1 amide bonds. The van der Waals surface area contributed by atoms with E-state index in [0.717, 1.165) is 37.3 Å². The molecule has 1 aliphatic rings. The lowest BCUT2D eigenvalue weighted by molar-refractivity contribution is -0.117. The molecule has 2 N–H and O–H groups in total. The molecule has 0 unspecified atom stereocenters. The number of aromatic nitrogens is 4. The van der Waals surface area contributed by atoms with Crippen LogP contribution in [-0.4, -0.2) is 77.7 Å². The third kappa shape index (κ3) is 6.50. The van der Waals surface area contributed by atoms with Gasteiger partial charge in [-0.05, 0) is 44.2 Å². The Kier molecular flexibility index (Phi) is 8.33. The summed E-state index contributed by atoms with van der Waals surface area (Å²) in [6.07, 6.45) is 7.22. The van der Waals surface area contributed by atoms with Crippen LogP contribution in [0, 0.1) is 11.3 Å². The summed E-state index contributed by atoms with van der Waals surface area (Å²) < 4.78 is 5.02. The van der Waals surface area contributed by atoms with Crippen molar-refractivity contribution in [3.8, 4) is 17.3 Å². The molecule has 186 valence electrons. The first-order chi connectivity index (χ1) is 17.6. The summed E-state index contributed by atoms with van der Waals surface area (Å²) in [5.41, 5.74) is 2.60. The maximum atomic E-state index is 12.2. The van der Waals surface area contributed by atoms with Crippen molar-refractivity contribution < 1.29 is 9.53 Å². The molecule has 0 bridgehead atoms. The van der Waals surface area contributed by atoms with Gasteiger partial charge in [0.2, 0.25) is 11.9 Å². The molecule has 0 aliphatic carbocycles. The summed E-state index contributed by atoms with van der Waals surface area (Å²) in [4.78, 5) is 33.9. The molecule has 1 saturated heterocycles. The number of amides is 1. The Hall–Kier alpha value is -4.14. The van der Waals surface area contributed by atoms with Gasteiger partial charge < -0.3 is 20.3 Å². The van der Waals surface area contributed by atoms with E-state index in [4.69, 9.17) is 4.74 Å². The van der Waals surface area contributed by atoms with Gasteiger partial charge in [0, 0.05) is 44.7 Å². The molecule has 36 heavy (non-hydrogen) atoms. The standard InChI is InChI=1S/C25H29N9O2/c1-33(11-12-36-2)17-23(35)32-22-6-5-20(16-28-22)30-25-27-8-7-21(31-25)19-13-18(14-26)24(29-15-19)34-9-3-4-10-34/h5-8,13,15-16H,3-4,9-12,17H2,1-2H3,(H,27,30,31)(H,28,32,35). The molecule has 4 rings (SSSR count). The molecular weight excluding hydrogens is 458 g/mol. The molecule has 1 fully saturated rings. The van der Waals surface area contributed by atoms with Crippen molar-refractivity contribution in [2.75, 3.05) is 62.5 Å². The van der Waals surface area contributed by atoms with E-state index in [1.165, 1.54) is 0 Å². The first-order valence-electron chi connectivity index (χ1n) is 11.7. The normalized spacial score (nSPS) is 13.0. The molecule has 0 aromatic carbocycles. The van der Waals surface area contributed by atoms with Gasteiger partial charge >= 0.3 is 0 Å². The Morgan fingerprint density at radius 3 is 2.75 bits per heavy atom. The van der Waals surface area contributed by atoms with Crippen molar-refractivity contribution in [3.05, 3.63) is 48.4 Å². The number of hydrogen-bond donors (Lipinski definition) is 2. The Bertz CT molecular complexity index is 1220. The van der Waals surface area contributed by atoms with E-state index >= 15 is 0 Å². The van der Waals surface area contributed by atoms with Crippen LogP contribution < -0.4 is 15.5 Å². The van der Waals surface area contributed by atoms with Gasteiger partial charge in [-0.25, -0.2) is 19.9 Å². The Balaban J connectivity index is 1.40. The van der Waals surface area contributed by atoms with Crippen LogP contribution in [0.25, 0.3) is 11.3 Å². The largest absolute Gasteiger partial charge is 0.383 e. The highest BCUT2D eigenvalue weighted by Gasteiger charge is 2.18. The molecule has 11 nitrogen and oxygen atoms in total. The minimum Gasteiger partial charge on any atom is -0.383 e. The van der Waals surface area contributed by atoms with E-state index in [-0.39, 0.29) is 12.5 Å². The van der Waals surface area contributed by atoms with Crippen molar-refractivity contribution >= 4 is 29.2 Å². The number of anilines is 4. The Morgan fingerprint density at radius 1 is 1.19 bits per heavy atom. The zero-order valence-electron chi connectivity index (χ0n) is 20.4. The smallest absolute Gasteiger partial charge is 0.239 e. The Morgan fingerprint density at radius 2 is 2.03 bits per heavy atom. The third-order valence-electron chi connectivity index (χ3n) is 5.72. The number of carbonyl (C=O) groups excluding carboxylic acids is 1. The number of methoxy groups -OCH3 is 1. The predicted octanol–water partition coefficient (Wildman–Crippen LogP) is 2.67. The van der Waals surface area contributed by atoms with Gasteiger partial charge in [-0.15, -0.1) is 0 Å². The van der Waals surface area contributed by atoms with E-state index in [9.17, 15) is 10.1 Å². The van der Waals surface area contributed by atoms with Crippen LogP contribution in [0.5, 0.6) is 0 Å². The molecule has 1 aliphatic heterocycles. The zero-order chi connectivity index (χ0) is 25.3. The van der Waals surface area contributed by atoms with E-state index in [1.54, 1.807) is 43.9 Å². The van der Waals surface area contributed by atoms with Gasteiger partial charge in [0.25, 0.3) is 0 Å². The van der Waals surface area contributed by atoms with Gasteiger partial charge in [0.05, 0.1) is 36.3 Å². The van der Waals surface area contributed by atoms with Crippen LogP contribution >= 0.6 is 0 Å². The second-order valence-electron chi connectivity index (χ2n) is 8.50. The van der Waals surface area contributed by atoms with Crippen LogP contribution in [0.1, 0.15) is 18.4 Å². The summed E-state index contributed by atoms with van der Waals surface area (Å²) >= 11 is 0. The monoisotopic (exact) mass is 487 g/mol. The zero-order valence-corrected chi connectivity index (χ0v) is 20.4. The second-order valence-corrected chi connectivity index (χ2v) is 8.50. The highest BCUT2D eigenvalue weighted by atomic mass is 16.5. The number of nitrogens with zero attached hydrogens (tertiary/aromatic N) is 7. The minimum absolute atomic E-state index is 0.154. The van der Waals surface area contributed by atoms with Crippen molar-refractivity contribution in [2.24, 2.45) is 0 Å². The quantitative estimate of drug-likeness (QED) is 0.440. The van der Waals surface area contributed by atoms with Crippen LogP contribution in [-0.2, 0) is 9.53 Å². The topological polar surface area (TPSA) is 132 Å². The SMILES string of the molecule is COCCN(C)CC(=O)Nc1ccc(Nc2nccc(-c3cnc(N4CCCC4)c(C#N)c3)n2)cn1. The number of rotatable bonds is 10. The van der Waals surface area contributed by atoms with E-state index < -0.39 is 0 Å². The summed E-state index contributed by atoms with van der Waals surface area (Å²) in [5, 5.41) is 15.6. The van der Waals surface area contributed by atoms with Crippen molar-refractivity contribution in [1.29, 1.82) is 5.26 Å². The molecule has 0 spiro atoms. The first-order valence-corrected chi connectivity index (χ1v) is 11.7. The highest BCUT2D eigenvalue weighted by molar-refractivity contribution is 5.91. The fourth-order valence-electron chi connectivity index (χ4n) is 3.87. The van der Waals surface area contributed by atoms with Crippen LogP contribution in [0.15, 0.2) is 42.9 Å². The Labute approximate surface area is 210 Å². The molecule has 3 aromatic heterocycles. The van der Waals surface area contributed by atoms with E-state index in [1.807, 2.05) is 18.0 Å². The molecule has 0 saturated carbocycles. The predicted molar refractivity (Wildman–Crippen MR) is 137 cm³/mol. The van der Waals surface area contributed by atoms with E-state index in [0.29, 0.717) is 41.9 Å². The van der Waals surface area contributed by atoms with Gasteiger partial charge in [-0.2, -0.15) is 5.26 Å². The molecule has 3 aromatic rings. The van der Waals surface area contributed by atoms with Gasteiger partial charge in [0.15, 0.2) is 0 Å². The lowest BCUT2D eigenvalue weighted by Gasteiger charge is -2.18. The molecule has 0 radical (unpaired) electrons. The molecular formula is C25H29N9O2. The summed E-state index contributed by atoms with van der Waals surface area (Å²) in [7, 11) is 3.48. The fraction of sp³-hybridized carbons (Fsp3) is 0.360. The van der Waals surface area contributed by atoms with Crippen molar-refractivity contribution in [3.63, 3.8) is 0 Å². The average Bonchev–Trinajstić information content (AvgIpc) is 3.43. The van der Waals surface area contributed by atoms with Crippen LogP contribution in [0.3, 0.4) is 0 Å². The maximum Gasteiger partial charge on any atom is 0.239 e. The second kappa shape index (κ2) is 12.0. The number of hydrogen-bond acceptors (Lipinski definition) is 10. The van der Waals surface area contributed by atoms with Gasteiger partial charge in [-0.1, -0.05) is 0 Å². The lowest BCUT2D eigenvalue weighted by Crippen LogP contribution is -2.32. The van der Waals surface area contributed by atoms with Crippen molar-refractivity contribution in [1.82, 2.24) is 24.8 Å². The highest BCUT2D eigenvalue weighted by Crippen LogP contribution is 2.26. The van der Waals surface area contributed by atoms with E-state index in [2.05, 4.69) is 41.5 Å². The summed E-state index contributed by atoms with van der Waals surface area (Å²) in [6, 6.07) is 9.35. The fourth-order valence-corrected chi connectivity index (χ4v) is 3.87. The number of pyridine rings is 2. The number of likely N-dealkylation sites (N-methyl/N-ethyl adjacent to an activating group) is 1. The lowest BCUT2D eigenvalue weighted by atomic mass is 10.1. The van der Waals surface area contributed by atoms with Crippen LogP contribution in [0.2, 0.25) is 0 Å². The molecule has 4 heterocycles. The van der Waals surface area contributed by atoms with Gasteiger partial charge in [-0.3, -0.25) is 9.69 Å². The van der Waals surface area contributed by atoms with Crippen molar-refractivity contribution in [2.45, 2.75) is 12.8 Å². The number of nitriles is 1. The summed E-state index contributed by atoms with van der Waals surface area (Å²) in [5.74, 6) is 1.41. The number of nitrogens with one attached hydrogen (secondary N) is 2. The summed E-state index contributed by atoms with van der Waals surface area (Å²) in [6.45, 7) is 3.31. The molecule has 11 heteroatoms. The molecule has 0 atom stereocenters. The number of ether oxygens (including phenoxy) is 1. The van der Waals surface area contributed by atoms with Crippen LogP contribution in [0.4, 0.5) is 23.3 Å². The third-order valence-corrected chi connectivity index (χ3v) is 5.72. The minimum atomic E-state index is -0.154. The number of carbonyl (C=O) groups is 1. The average molecular weight is 488 g/mol. The maximum absolute atomic E-state index is 12.2.